The van der Waals surface area contributed by atoms with E-state index in [0.717, 1.165) is 22.3 Å². The molecule has 31 heavy (non-hydrogen) atoms. The third-order valence-electron chi connectivity index (χ3n) is 5.08. The second kappa shape index (κ2) is 9.85. The topological polar surface area (TPSA) is 59.2 Å². The lowest BCUT2D eigenvalue weighted by Gasteiger charge is -2.23. The summed E-state index contributed by atoms with van der Waals surface area (Å²) in [6.07, 6.45) is 0.729. The van der Waals surface area contributed by atoms with Crippen molar-refractivity contribution >= 4 is 5.91 Å². The average Bonchev–Trinajstić information content (AvgIpc) is 3.28. The molecule has 156 valence electrons. The SMILES string of the molecule is Cc1cccc(-c2noc(CCC(=O)N(Cc3ccccc3)Cc3ccccc3)n2)c1. The van der Waals surface area contributed by atoms with Crippen molar-refractivity contribution in [3.8, 4) is 11.4 Å². The molecule has 1 amide bonds. The Hall–Kier alpha value is -3.73. The molecule has 4 rings (SSSR count). The van der Waals surface area contributed by atoms with Crippen molar-refractivity contribution in [2.75, 3.05) is 0 Å². The number of nitrogens with zero attached hydrogens (tertiary/aromatic N) is 3. The summed E-state index contributed by atoms with van der Waals surface area (Å²) in [7, 11) is 0. The number of hydrogen-bond donors (Lipinski definition) is 0. The van der Waals surface area contributed by atoms with Crippen molar-refractivity contribution in [2.45, 2.75) is 32.9 Å². The number of benzene rings is 3. The van der Waals surface area contributed by atoms with E-state index in [9.17, 15) is 4.79 Å². The highest BCUT2D eigenvalue weighted by atomic mass is 16.5. The van der Waals surface area contributed by atoms with Crippen LogP contribution in [0, 0.1) is 6.92 Å². The van der Waals surface area contributed by atoms with Gasteiger partial charge in [-0.15, -0.1) is 0 Å². The fourth-order valence-electron chi connectivity index (χ4n) is 3.47. The molecule has 0 N–H and O–H groups in total. The van der Waals surface area contributed by atoms with Crippen molar-refractivity contribution in [3.05, 3.63) is 108 Å². The first kappa shape index (κ1) is 20.5. The summed E-state index contributed by atoms with van der Waals surface area (Å²) in [5, 5.41) is 4.07. The van der Waals surface area contributed by atoms with Crippen molar-refractivity contribution in [3.63, 3.8) is 0 Å². The smallest absolute Gasteiger partial charge is 0.227 e. The van der Waals surface area contributed by atoms with Crippen LogP contribution in [0.4, 0.5) is 0 Å². The van der Waals surface area contributed by atoms with Crippen LogP contribution in [0.25, 0.3) is 11.4 Å². The largest absolute Gasteiger partial charge is 0.339 e. The lowest BCUT2D eigenvalue weighted by atomic mass is 10.1. The van der Waals surface area contributed by atoms with Gasteiger partial charge >= 0.3 is 0 Å². The maximum Gasteiger partial charge on any atom is 0.227 e. The molecule has 0 saturated heterocycles. The predicted molar refractivity (Wildman–Crippen MR) is 120 cm³/mol. The zero-order valence-electron chi connectivity index (χ0n) is 17.6. The quantitative estimate of drug-likeness (QED) is 0.399. The predicted octanol–water partition coefficient (Wildman–Crippen LogP) is 5.21. The number of carbonyl (C=O) groups is 1. The Morgan fingerprint density at radius 1 is 0.871 bits per heavy atom. The third-order valence-corrected chi connectivity index (χ3v) is 5.08. The highest BCUT2D eigenvalue weighted by Crippen LogP contribution is 2.18. The van der Waals surface area contributed by atoms with Gasteiger partial charge in [0.15, 0.2) is 0 Å². The second-order valence-corrected chi connectivity index (χ2v) is 7.60. The van der Waals surface area contributed by atoms with Crippen molar-refractivity contribution in [2.24, 2.45) is 0 Å². The minimum atomic E-state index is 0.0583. The van der Waals surface area contributed by atoms with Gasteiger partial charge < -0.3 is 9.42 Å². The first-order valence-electron chi connectivity index (χ1n) is 10.4. The summed E-state index contributed by atoms with van der Waals surface area (Å²) in [6.45, 7) is 3.15. The van der Waals surface area contributed by atoms with Crippen LogP contribution in [0.5, 0.6) is 0 Å². The van der Waals surface area contributed by atoms with E-state index in [1.54, 1.807) is 0 Å². The number of aryl methyl sites for hydroxylation is 2. The maximum atomic E-state index is 13.1. The van der Waals surface area contributed by atoms with Gasteiger partial charge in [-0.1, -0.05) is 89.6 Å². The van der Waals surface area contributed by atoms with Crippen molar-refractivity contribution in [1.82, 2.24) is 15.0 Å². The van der Waals surface area contributed by atoms with E-state index >= 15 is 0 Å². The van der Waals surface area contributed by atoms with E-state index in [-0.39, 0.29) is 5.91 Å². The molecule has 0 bridgehead atoms. The van der Waals surface area contributed by atoms with Gasteiger partial charge in [0.25, 0.3) is 0 Å². The Kier molecular flexibility index (Phi) is 6.53. The Morgan fingerprint density at radius 2 is 1.52 bits per heavy atom. The first-order valence-corrected chi connectivity index (χ1v) is 10.4. The fraction of sp³-hybridized carbons (Fsp3) is 0.192. The lowest BCUT2D eigenvalue weighted by Crippen LogP contribution is -2.30. The van der Waals surface area contributed by atoms with Crippen LogP contribution in [0.3, 0.4) is 0 Å². The second-order valence-electron chi connectivity index (χ2n) is 7.60. The van der Waals surface area contributed by atoms with E-state index in [1.165, 1.54) is 0 Å². The van der Waals surface area contributed by atoms with Gasteiger partial charge in [-0.05, 0) is 24.1 Å². The van der Waals surface area contributed by atoms with Gasteiger partial charge in [-0.25, -0.2) is 0 Å². The zero-order chi connectivity index (χ0) is 21.5. The van der Waals surface area contributed by atoms with Gasteiger partial charge in [0.05, 0.1) is 0 Å². The maximum absolute atomic E-state index is 13.1. The Bertz CT molecular complexity index is 1080. The van der Waals surface area contributed by atoms with E-state index in [0.29, 0.717) is 37.6 Å². The molecule has 0 fully saturated rings. The van der Waals surface area contributed by atoms with Crippen LogP contribution in [-0.4, -0.2) is 20.9 Å². The molecule has 3 aromatic carbocycles. The van der Waals surface area contributed by atoms with Crippen molar-refractivity contribution < 1.29 is 9.32 Å². The van der Waals surface area contributed by atoms with Gasteiger partial charge in [-0.2, -0.15) is 4.98 Å². The zero-order valence-corrected chi connectivity index (χ0v) is 17.6. The van der Waals surface area contributed by atoms with Crippen LogP contribution in [0.2, 0.25) is 0 Å². The van der Waals surface area contributed by atoms with E-state index < -0.39 is 0 Å². The molecule has 0 saturated carbocycles. The molecule has 4 aromatic rings. The standard InChI is InChI=1S/C26H25N3O2/c1-20-9-8-14-23(17-20)26-27-24(31-28-26)15-16-25(30)29(18-21-10-4-2-5-11-21)19-22-12-6-3-7-13-22/h2-14,17H,15-16,18-19H2,1H3. The molecule has 0 aliphatic carbocycles. The molecule has 0 aliphatic rings. The third kappa shape index (κ3) is 5.66. The molecular formula is C26H25N3O2. The summed E-state index contributed by atoms with van der Waals surface area (Å²) in [4.78, 5) is 19.4. The van der Waals surface area contributed by atoms with Gasteiger partial charge in [0.1, 0.15) is 0 Å². The summed E-state index contributed by atoms with van der Waals surface area (Å²) >= 11 is 0. The van der Waals surface area contributed by atoms with E-state index in [2.05, 4.69) is 10.1 Å². The molecule has 0 spiro atoms. The van der Waals surface area contributed by atoms with Crippen LogP contribution < -0.4 is 0 Å². The van der Waals surface area contributed by atoms with Gasteiger partial charge in [-0.3, -0.25) is 4.79 Å². The molecule has 0 radical (unpaired) electrons. The highest BCUT2D eigenvalue weighted by Gasteiger charge is 2.17. The van der Waals surface area contributed by atoms with E-state index in [4.69, 9.17) is 4.52 Å². The Morgan fingerprint density at radius 3 is 2.13 bits per heavy atom. The molecule has 0 atom stereocenters. The number of amides is 1. The number of aromatic nitrogens is 2. The molecule has 0 unspecified atom stereocenters. The molecule has 5 nitrogen and oxygen atoms in total. The van der Waals surface area contributed by atoms with Gasteiger partial charge in [0.2, 0.25) is 17.6 Å². The fourth-order valence-corrected chi connectivity index (χ4v) is 3.47. The van der Waals surface area contributed by atoms with E-state index in [1.807, 2.05) is 96.8 Å². The molecule has 5 heteroatoms. The Balaban J connectivity index is 1.43. The average molecular weight is 412 g/mol. The molecule has 1 aromatic heterocycles. The highest BCUT2D eigenvalue weighted by molar-refractivity contribution is 5.76. The molecular weight excluding hydrogens is 386 g/mol. The number of rotatable bonds is 8. The van der Waals surface area contributed by atoms with Crippen LogP contribution >= 0.6 is 0 Å². The molecule has 0 aliphatic heterocycles. The van der Waals surface area contributed by atoms with Crippen LogP contribution in [0.15, 0.2) is 89.5 Å². The normalized spacial score (nSPS) is 10.7. The summed E-state index contributed by atoms with van der Waals surface area (Å²) in [5.41, 5.74) is 4.25. The lowest BCUT2D eigenvalue weighted by molar-refractivity contribution is -0.132. The summed E-state index contributed by atoms with van der Waals surface area (Å²) in [6, 6.07) is 28.0. The summed E-state index contributed by atoms with van der Waals surface area (Å²) < 4.78 is 5.39. The van der Waals surface area contributed by atoms with Crippen LogP contribution in [0.1, 0.15) is 29.0 Å². The number of carbonyl (C=O) groups excluding carboxylic acids is 1. The van der Waals surface area contributed by atoms with Gasteiger partial charge in [0, 0.05) is 31.5 Å². The first-order chi connectivity index (χ1) is 15.2. The monoisotopic (exact) mass is 411 g/mol. The molecule has 1 heterocycles. The summed E-state index contributed by atoms with van der Waals surface area (Å²) in [5.74, 6) is 1.09. The van der Waals surface area contributed by atoms with Crippen molar-refractivity contribution in [1.29, 1.82) is 0 Å². The minimum Gasteiger partial charge on any atom is -0.339 e. The number of hydrogen-bond acceptors (Lipinski definition) is 4. The Labute approximate surface area is 182 Å². The minimum absolute atomic E-state index is 0.0583. The van der Waals surface area contributed by atoms with Crippen LogP contribution in [-0.2, 0) is 24.3 Å².